The molecule has 0 saturated heterocycles. The highest BCUT2D eigenvalue weighted by molar-refractivity contribution is 7.91. The molecule has 4 nitrogen and oxygen atoms in total. The van der Waals surface area contributed by atoms with Crippen molar-refractivity contribution in [3.8, 4) is 0 Å². The highest BCUT2D eigenvalue weighted by Gasteiger charge is 2.12. The summed E-state index contributed by atoms with van der Waals surface area (Å²) in [5.41, 5.74) is 0.431. The van der Waals surface area contributed by atoms with E-state index in [1.54, 1.807) is 19.1 Å². The maximum atomic E-state index is 11.6. The summed E-state index contributed by atoms with van der Waals surface area (Å²) in [7, 11) is -3.25. The standard InChI is InChI=1S/C10H12ClNO3S/c1-2-16(14,15)9-5-3-4-8(6-9)12-10(13)7-11/h3-6H,2,7H2,1H3,(H,12,13). The topological polar surface area (TPSA) is 63.2 Å². The van der Waals surface area contributed by atoms with Crippen LogP contribution in [0.5, 0.6) is 0 Å². The van der Waals surface area contributed by atoms with Crippen LogP contribution >= 0.6 is 11.6 Å². The van der Waals surface area contributed by atoms with Crippen LogP contribution in [0.2, 0.25) is 0 Å². The van der Waals surface area contributed by atoms with Crippen molar-refractivity contribution in [2.75, 3.05) is 16.9 Å². The minimum atomic E-state index is -3.25. The van der Waals surface area contributed by atoms with Gasteiger partial charge in [0.25, 0.3) is 0 Å². The van der Waals surface area contributed by atoms with Gasteiger partial charge >= 0.3 is 0 Å². The molecule has 1 amide bonds. The first-order valence-corrected chi connectivity index (χ1v) is 6.87. The van der Waals surface area contributed by atoms with E-state index >= 15 is 0 Å². The van der Waals surface area contributed by atoms with Crippen molar-refractivity contribution < 1.29 is 13.2 Å². The molecular weight excluding hydrogens is 250 g/mol. The SMILES string of the molecule is CCS(=O)(=O)c1cccc(NC(=O)CCl)c1. The van der Waals surface area contributed by atoms with Gasteiger partial charge in [-0.2, -0.15) is 0 Å². The first-order valence-electron chi connectivity index (χ1n) is 4.68. The molecule has 1 aromatic carbocycles. The van der Waals surface area contributed by atoms with Gasteiger partial charge in [0.05, 0.1) is 10.6 Å². The van der Waals surface area contributed by atoms with Gasteiger partial charge in [0.15, 0.2) is 9.84 Å². The van der Waals surface area contributed by atoms with Crippen LogP contribution < -0.4 is 5.32 Å². The lowest BCUT2D eigenvalue weighted by molar-refractivity contribution is -0.113. The molecule has 0 fully saturated rings. The molecule has 0 heterocycles. The molecule has 6 heteroatoms. The molecule has 0 aliphatic heterocycles. The van der Waals surface area contributed by atoms with Crippen molar-refractivity contribution in [1.82, 2.24) is 0 Å². The van der Waals surface area contributed by atoms with E-state index in [2.05, 4.69) is 5.32 Å². The molecule has 0 aliphatic carbocycles. The second-order valence-corrected chi connectivity index (χ2v) is 5.66. The van der Waals surface area contributed by atoms with Crippen LogP contribution in [0.15, 0.2) is 29.2 Å². The zero-order chi connectivity index (χ0) is 12.2. The van der Waals surface area contributed by atoms with Crippen molar-refractivity contribution in [3.05, 3.63) is 24.3 Å². The molecule has 0 aliphatic rings. The molecular formula is C10H12ClNO3S. The predicted octanol–water partition coefficient (Wildman–Crippen LogP) is 1.66. The van der Waals surface area contributed by atoms with E-state index < -0.39 is 9.84 Å². The second-order valence-electron chi connectivity index (χ2n) is 3.11. The van der Waals surface area contributed by atoms with Crippen LogP contribution in [-0.4, -0.2) is 26.0 Å². The summed E-state index contributed by atoms with van der Waals surface area (Å²) in [6.45, 7) is 1.57. The van der Waals surface area contributed by atoms with Crippen molar-refractivity contribution >= 4 is 33.0 Å². The number of nitrogens with one attached hydrogen (secondary N) is 1. The molecule has 1 N–H and O–H groups in total. The van der Waals surface area contributed by atoms with E-state index in [1.807, 2.05) is 0 Å². The first kappa shape index (κ1) is 13.0. The third-order valence-electron chi connectivity index (χ3n) is 1.98. The highest BCUT2D eigenvalue weighted by atomic mass is 35.5. The molecule has 1 rings (SSSR count). The largest absolute Gasteiger partial charge is 0.325 e. The van der Waals surface area contributed by atoms with Crippen LogP contribution in [0, 0.1) is 0 Å². The minimum absolute atomic E-state index is 0.0277. The van der Waals surface area contributed by atoms with Gasteiger partial charge in [-0.1, -0.05) is 13.0 Å². The van der Waals surface area contributed by atoms with E-state index in [4.69, 9.17) is 11.6 Å². The fourth-order valence-corrected chi connectivity index (χ4v) is 2.12. The molecule has 0 atom stereocenters. The Bertz CT molecular complexity index is 485. The Morgan fingerprint density at radius 3 is 2.69 bits per heavy atom. The van der Waals surface area contributed by atoms with Crippen LogP contribution in [0.1, 0.15) is 6.92 Å². The lowest BCUT2D eigenvalue weighted by Crippen LogP contribution is -2.13. The average Bonchev–Trinajstić information content (AvgIpc) is 2.29. The van der Waals surface area contributed by atoms with Crippen molar-refractivity contribution in [1.29, 1.82) is 0 Å². The van der Waals surface area contributed by atoms with Crippen molar-refractivity contribution in [2.45, 2.75) is 11.8 Å². The van der Waals surface area contributed by atoms with Gasteiger partial charge in [-0.05, 0) is 18.2 Å². The monoisotopic (exact) mass is 261 g/mol. The summed E-state index contributed by atoms with van der Waals surface area (Å²) >= 11 is 5.33. The normalized spacial score (nSPS) is 11.1. The first-order chi connectivity index (χ1) is 7.49. The van der Waals surface area contributed by atoms with Crippen molar-refractivity contribution in [2.24, 2.45) is 0 Å². The summed E-state index contributed by atoms with van der Waals surface area (Å²) in [5, 5.41) is 2.49. The van der Waals surface area contributed by atoms with Gasteiger partial charge < -0.3 is 5.32 Å². The Hall–Kier alpha value is -1.07. The summed E-state index contributed by atoms with van der Waals surface area (Å²) in [6.07, 6.45) is 0. The number of rotatable bonds is 4. The third kappa shape index (κ3) is 3.21. The number of amides is 1. The van der Waals surface area contributed by atoms with E-state index in [-0.39, 0.29) is 22.4 Å². The van der Waals surface area contributed by atoms with Gasteiger partial charge in [0.2, 0.25) is 5.91 Å². The molecule has 0 spiro atoms. The minimum Gasteiger partial charge on any atom is -0.325 e. The fourth-order valence-electron chi connectivity index (χ4n) is 1.13. The number of carbonyl (C=O) groups excluding carboxylic acids is 1. The third-order valence-corrected chi connectivity index (χ3v) is 3.95. The molecule has 0 saturated carbocycles. The average molecular weight is 262 g/mol. The molecule has 16 heavy (non-hydrogen) atoms. The quantitative estimate of drug-likeness (QED) is 0.839. The van der Waals surface area contributed by atoms with E-state index in [0.29, 0.717) is 5.69 Å². The number of carbonyl (C=O) groups is 1. The lowest BCUT2D eigenvalue weighted by Gasteiger charge is -2.05. The Balaban J connectivity index is 3.00. The van der Waals surface area contributed by atoms with Crippen LogP contribution in [-0.2, 0) is 14.6 Å². The number of anilines is 1. The Morgan fingerprint density at radius 1 is 1.44 bits per heavy atom. The summed E-state index contributed by atoms with van der Waals surface area (Å²) in [6, 6.07) is 6.10. The van der Waals surface area contributed by atoms with Crippen molar-refractivity contribution in [3.63, 3.8) is 0 Å². The number of benzene rings is 1. The van der Waals surface area contributed by atoms with Crippen LogP contribution in [0.3, 0.4) is 0 Å². The maximum Gasteiger partial charge on any atom is 0.239 e. The fraction of sp³-hybridized carbons (Fsp3) is 0.300. The zero-order valence-corrected chi connectivity index (χ0v) is 10.3. The number of sulfone groups is 1. The number of alkyl halides is 1. The molecule has 0 unspecified atom stereocenters. The number of hydrogen-bond donors (Lipinski definition) is 1. The van der Waals surface area contributed by atoms with Gasteiger partial charge in [0, 0.05) is 5.69 Å². The van der Waals surface area contributed by atoms with Crippen LogP contribution in [0.4, 0.5) is 5.69 Å². The van der Waals surface area contributed by atoms with Gasteiger partial charge in [0.1, 0.15) is 5.88 Å². The van der Waals surface area contributed by atoms with Gasteiger partial charge in [-0.3, -0.25) is 4.79 Å². The molecule has 0 aromatic heterocycles. The summed E-state index contributed by atoms with van der Waals surface area (Å²) in [5.74, 6) is -0.502. The van der Waals surface area contributed by atoms with E-state index in [0.717, 1.165) is 0 Å². The zero-order valence-electron chi connectivity index (χ0n) is 8.73. The number of hydrogen-bond acceptors (Lipinski definition) is 3. The van der Waals surface area contributed by atoms with Gasteiger partial charge in [-0.25, -0.2) is 8.42 Å². The second kappa shape index (κ2) is 5.32. The van der Waals surface area contributed by atoms with E-state index in [9.17, 15) is 13.2 Å². The molecule has 0 radical (unpaired) electrons. The summed E-state index contributed by atoms with van der Waals surface area (Å²) in [4.78, 5) is 11.2. The Kier molecular flexibility index (Phi) is 4.32. The van der Waals surface area contributed by atoms with Gasteiger partial charge in [-0.15, -0.1) is 11.6 Å². The Labute approximate surface area is 99.5 Å². The van der Waals surface area contributed by atoms with E-state index in [1.165, 1.54) is 12.1 Å². The maximum absolute atomic E-state index is 11.6. The predicted molar refractivity (Wildman–Crippen MR) is 63.5 cm³/mol. The molecule has 1 aromatic rings. The smallest absolute Gasteiger partial charge is 0.239 e. The molecule has 0 bridgehead atoms. The Morgan fingerprint density at radius 2 is 2.12 bits per heavy atom. The lowest BCUT2D eigenvalue weighted by atomic mass is 10.3. The highest BCUT2D eigenvalue weighted by Crippen LogP contribution is 2.16. The van der Waals surface area contributed by atoms with Crippen LogP contribution in [0.25, 0.3) is 0 Å². The summed E-state index contributed by atoms with van der Waals surface area (Å²) < 4.78 is 23.1. The number of halogens is 1. The molecule has 88 valence electrons.